The Morgan fingerprint density at radius 3 is 2.08 bits per heavy atom. The molecule has 3 rings (SSSR count). The van der Waals surface area contributed by atoms with E-state index in [2.05, 4.69) is 15.9 Å². The maximum Gasteiger partial charge on any atom is 0.355 e. The third kappa shape index (κ3) is 5.13. The number of carbonyl (C=O) groups excluding carboxylic acids is 1. The first-order chi connectivity index (χ1) is 17.4. The van der Waals surface area contributed by atoms with Crippen molar-refractivity contribution in [1.29, 1.82) is 0 Å². The molecule has 0 radical (unpaired) electrons. The molecular weight excluding hydrogens is 538 g/mol. The summed E-state index contributed by atoms with van der Waals surface area (Å²) in [7, 11) is 7.21. The maximum atomic E-state index is 13.7. The molecule has 36 heavy (non-hydrogen) atoms. The Bertz CT molecular complexity index is 1320. The van der Waals surface area contributed by atoms with Gasteiger partial charge in [0.05, 0.1) is 65.2 Å². The number of halogens is 1. The number of aliphatic hydroxyl groups is 1. The number of benzene rings is 2. The normalized spacial score (nSPS) is 10.9. The minimum atomic E-state index is -0.716. The van der Waals surface area contributed by atoms with Crippen molar-refractivity contribution in [2.75, 3.05) is 55.4 Å². The number of nitrogens with zero attached hydrogens (tertiary/aromatic N) is 1. The van der Waals surface area contributed by atoms with E-state index in [4.69, 9.17) is 33.5 Å². The summed E-state index contributed by atoms with van der Waals surface area (Å²) >= 11 is 3.50. The molecule has 1 heterocycles. The third-order valence-corrected chi connectivity index (χ3v) is 6.16. The van der Waals surface area contributed by atoms with Gasteiger partial charge in [-0.15, -0.1) is 0 Å². The molecule has 0 saturated carbocycles. The average Bonchev–Trinajstić information content (AvgIpc) is 2.89. The molecular formula is C25H28BrNO9. The molecule has 3 aromatic rings. The number of aliphatic hydroxyl groups excluding tert-OH is 1. The second-order valence-corrected chi connectivity index (χ2v) is 8.31. The second kappa shape index (κ2) is 12.1. The highest BCUT2D eigenvalue weighted by Gasteiger charge is 2.27. The molecule has 0 bridgehead atoms. The number of hydrogen-bond acceptors (Lipinski definition) is 9. The predicted molar refractivity (Wildman–Crippen MR) is 137 cm³/mol. The van der Waals surface area contributed by atoms with Crippen molar-refractivity contribution in [2.24, 2.45) is 0 Å². The van der Waals surface area contributed by atoms with Gasteiger partial charge in [-0.05, 0) is 45.8 Å². The number of pyridine rings is 1. The van der Waals surface area contributed by atoms with Crippen LogP contribution in [0.5, 0.6) is 23.0 Å². The van der Waals surface area contributed by atoms with Crippen LogP contribution in [-0.2, 0) is 16.0 Å². The lowest BCUT2D eigenvalue weighted by atomic mass is 9.95. The zero-order valence-corrected chi connectivity index (χ0v) is 22.3. The van der Waals surface area contributed by atoms with Gasteiger partial charge in [-0.25, -0.2) is 4.79 Å². The van der Waals surface area contributed by atoms with E-state index in [-0.39, 0.29) is 32.1 Å². The summed E-state index contributed by atoms with van der Waals surface area (Å²) in [5.41, 5.74) is 0.555. The maximum absolute atomic E-state index is 13.7. The van der Waals surface area contributed by atoms with E-state index in [1.807, 2.05) is 0 Å². The first kappa shape index (κ1) is 27.3. The van der Waals surface area contributed by atoms with Crippen LogP contribution in [0.4, 0.5) is 0 Å². The Morgan fingerprint density at radius 2 is 1.53 bits per heavy atom. The summed E-state index contributed by atoms with van der Waals surface area (Å²) in [5, 5.41) is 9.78. The highest BCUT2D eigenvalue weighted by Crippen LogP contribution is 2.43. The number of fused-ring (bicyclic) bond motifs is 1. The van der Waals surface area contributed by atoms with Crippen molar-refractivity contribution in [3.05, 3.63) is 44.8 Å². The van der Waals surface area contributed by atoms with Gasteiger partial charge in [0.15, 0.2) is 23.0 Å². The van der Waals surface area contributed by atoms with Crippen LogP contribution in [0, 0.1) is 0 Å². The van der Waals surface area contributed by atoms with Gasteiger partial charge in [0.25, 0.3) is 5.56 Å². The lowest BCUT2D eigenvalue weighted by molar-refractivity contribution is 0.0578. The number of methoxy groups -OCH3 is 5. The molecule has 194 valence electrons. The largest absolute Gasteiger partial charge is 0.493 e. The van der Waals surface area contributed by atoms with Crippen molar-refractivity contribution in [3.8, 4) is 34.1 Å². The van der Waals surface area contributed by atoms with E-state index in [1.54, 1.807) is 24.3 Å². The molecule has 0 aliphatic carbocycles. The van der Waals surface area contributed by atoms with Gasteiger partial charge in [0.1, 0.15) is 5.69 Å². The Balaban J connectivity index is 2.50. The lowest BCUT2D eigenvalue weighted by Gasteiger charge is -2.21. The molecule has 0 spiro atoms. The standard InChI is InChI=1S/C25H28BrNO9/c1-31-18-12-15-16(13-19(18)32-2)24(29)27(6-8-36-9-7-28)22(25(30)35-5)21(15)14-10-17(26)23(34-4)20(11-14)33-3/h10-13,28H,6-9H2,1-5H3. The van der Waals surface area contributed by atoms with Crippen molar-refractivity contribution < 1.29 is 38.3 Å². The summed E-state index contributed by atoms with van der Waals surface area (Å²) < 4.78 is 34.2. The van der Waals surface area contributed by atoms with Crippen molar-refractivity contribution in [2.45, 2.75) is 6.54 Å². The smallest absolute Gasteiger partial charge is 0.355 e. The molecule has 0 aliphatic rings. The summed E-state index contributed by atoms with van der Waals surface area (Å²) in [6.45, 7) is 0.0438. The number of carbonyl (C=O) groups is 1. The average molecular weight is 566 g/mol. The van der Waals surface area contributed by atoms with Crippen LogP contribution >= 0.6 is 15.9 Å². The predicted octanol–water partition coefficient (Wildman–Crippen LogP) is 3.26. The molecule has 1 N–H and O–H groups in total. The monoisotopic (exact) mass is 565 g/mol. The summed E-state index contributed by atoms with van der Waals surface area (Å²) in [6.07, 6.45) is 0. The minimum absolute atomic E-state index is 0.0222. The fourth-order valence-electron chi connectivity index (χ4n) is 3.97. The number of ether oxygens (including phenoxy) is 6. The topological polar surface area (TPSA) is 115 Å². The van der Waals surface area contributed by atoms with Gasteiger partial charge in [0, 0.05) is 17.5 Å². The number of rotatable bonds is 11. The molecule has 2 aromatic carbocycles. The number of aromatic nitrogens is 1. The van der Waals surface area contributed by atoms with Gasteiger partial charge >= 0.3 is 5.97 Å². The second-order valence-electron chi connectivity index (χ2n) is 7.45. The van der Waals surface area contributed by atoms with Gasteiger partial charge in [-0.3, -0.25) is 9.36 Å². The van der Waals surface area contributed by atoms with Crippen LogP contribution in [0.1, 0.15) is 10.5 Å². The Kier molecular flexibility index (Phi) is 9.19. The molecule has 0 fully saturated rings. The molecule has 10 nitrogen and oxygen atoms in total. The zero-order valence-electron chi connectivity index (χ0n) is 20.7. The molecule has 11 heteroatoms. The summed E-state index contributed by atoms with van der Waals surface area (Å²) in [5.74, 6) is 0.901. The molecule has 1 aromatic heterocycles. The highest BCUT2D eigenvalue weighted by molar-refractivity contribution is 9.10. The van der Waals surface area contributed by atoms with Crippen molar-refractivity contribution in [3.63, 3.8) is 0 Å². The van der Waals surface area contributed by atoms with E-state index in [9.17, 15) is 9.59 Å². The third-order valence-electron chi connectivity index (χ3n) is 5.57. The minimum Gasteiger partial charge on any atom is -0.493 e. The summed E-state index contributed by atoms with van der Waals surface area (Å²) in [4.78, 5) is 26.8. The lowest BCUT2D eigenvalue weighted by Crippen LogP contribution is -2.30. The van der Waals surface area contributed by atoms with Crippen molar-refractivity contribution in [1.82, 2.24) is 4.57 Å². The SMILES string of the molecule is COC(=O)c1c(-c2cc(Br)c(OC)c(OC)c2)c2cc(OC)c(OC)cc2c(=O)n1CCOCCO. The van der Waals surface area contributed by atoms with Gasteiger partial charge in [-0.1, -0.05) is 0 Å². The van der Waals surface area contributed by atoms with Crippen LogP contribution in [0.3, 0.4) is 0 Å². The molecule has 0 aliphatic heterocycles. The van der Waals surface area contributed by atoms with Crippen LogP contribution in [0.2, 0.25) is 0 Å². The van der Waals surface area contributed by atoms with Crippen molar-refractivity contribution >= 4 is 32.7 Å². The first-order valence-electron chi connectivity index (χ1n) is 10.9. The van der Waals surface area contributed by atoms with E-state index in [0.717, 1.165) is 0 Å². The van der Waals surface area contributed by atoms with Crippen LogP contribution in [0.15, 0.2) is 33.5 Å². The van der Waals surface area contributed by atoms with E-state index < -0.39 is 11.5 Å². The van der Waals surface area contributed by atoms with Crippen LogP contribution < -0.4 is 24.5 Å². The molecule has 0 saturated heterocycles. The Morgan fingerprint density at radius 1 is 0.889 bits per heavy atom. The van der Waals surface area contributed by atoms with Crippen LogP contribution in [-0.4, -0.2) is 71.0 Å². The van der Waals surface area contributed by atoms with Gasteiger partial charge in [-0.2, -0.15) is 0 Å². The molecule has 0 atom stereocenters. The van der Waals surface area contributed by atoms with E-state index >= 15 is 0 Å². The quantitative estimate of drug-likeness (QED) is 0.276. The fraction of sp³-hybridized carbons (Fsp3) is 0.360. The number of esters is 1. The fourth-order valence-corrected chi connectivity index (χ4v) is 4.58. The van der Waals surface area contributed by atoms with Crippen LogP contribution in [0.25, 0.3) is 21.9 Å². The first-order valence-corrected chi connectivity index (χ1v) is 11.7. The molecule has 0 amide bonds. The van der Waals surface area contributed by atoms with E-state index in [1.165, 1.54) is 40.1 Å². The number of hydrogen-bond donors (Lipinski definition) is 1. The highest BCUT2D eigenvalue weighted by atomic mass is 79.9. The van der Waals surface area contributed by atoms with Gasteiger partial charge in [0.2, 0.25) is 0 Å². The summed E-state index contributed by atoms with van der Waals surface area (Å²) in [6, 6.07) is 6.69. The molecule has 0 unspecified atom stereocenters. The Labute approximate surface area is 216 Å². The van der Waals surface area contributed by atoms with Gasteiger partial charge < -0.3 is 33.5 Å². The van der Waals surface area contributed by atoms with E-state index in [0.29, 0.717) is 49.4 Å². The zero-order chi connectivity index (χ0) is 26.4. The Hall–Kier alpha value is -3.28.